The first-order valence-electron chi connectivity index (χ1n) is 6.84. The molecule has 1 heterocycles. The second-order valence-electron chi connectivity index (χ2n) is 4.72. The van der Waals surface area contributed by atoms with Gasteiger partial charge in [0.05, 0.1) is 13.5 Å². The number of hydrogen-bond donors (Lipinski definition) is 0. The molecule has 0 N–H and O–H groups in total. The van der Waals surface area contributed by atoms with Crippen LogP contribution < -0.4 is 4.90 Å². The summed E-state index contributed by atoms with van der Waals surface area (Å²) in [6.45, 7) is 2.35. The van der Waals surface area contributed by atoms with Gasteiger partial charge in [-0.1, -0.05) is 0 Å². The standard InChI is InChI=1S/C15H21NO2S/c1-18-15(17)9-12-19-14-7-5-13(6-8-14)16-10-3-2-4-11-16/h5-8H,2-4,9-12H2,1H3. The molecule has 104 valence electrons. The molecule has 3 nitrogen and oxygen atoms in total. The Hall–Kier alpha value is -1.16. The Morgan fingerprint density at radius 2 is 1.89 bits per heavy atom. The summed E-state index contributed by atoms with van der Waals surface area (Å²) in [5.74, 6) is 0.632. The Labute approximate surface area is 119 Å². The quantitative estimate of drug-likeness (QED) is 0.611. The fourth-order valence-electron chi connectivity index (χ4n) is 2.26. The molecule has 0 radical (unpaired) electrons. The zero-order valence-electron chi connectivity index (χ0n) is 11.4. The van der Waals surface area contributed by atoms with E-state index in [0.29, 0.717) is 6.42 Å². The van der Waals surface area contributed by atoms with Gasteiger partial charge in [0.25, 0.3) is 0 Å². The van der Waals surface area contributed by atoms with Crippen molar-refractivity contribution in [1.29, 1.82) is 0 Å². The molecule has 1 aromatic rings. The van der Waals surface area contributed by atoms with Gasteiger partial charge in [-0.05, 0) is 43.5 Å². The minimum atomic E-state index is -0.141. The molecule has 0 saturated carbocycles. The van der Waals surface area contributed by atoms with Gasteiger partial charge in [-0.25, -0.2) is 0 Å². The van der Waals surface area contributed by atoms with Crippen molar-refractivity contribution in [2.45, 2.75) is 30.6 Å². The van der Waals surface area contributed by atoms with Gasteiger partial charge in [0, 0.05) is 29.4 Å². The van der Waals surface area contributed by atoms with Crippen molar-refractivity contribution in [3.63, 3.8) is 0 Å². The highest BCUT2D eigenvalue weighted by Gasteiger charge is 2.10. The molecule has 0 bridgehead atoms. The number of nitrogens with zero attached hydrogens (tertiary/aromatic N) is 1. The minimum absolute atomic E-state index is 0.141. The molecule has 2 rings (SSSR count). The van der Waals surface area contributed by atoms with Crippen LogP contribution in [0, 0.1) is 0 Å². The Morgan fingerprint density at radius 1 is 1.21 bits per heavy atom. The predicted molar refractivity (Wildman–Crippen MR) is 79.9 cm³/mol. The molecule has 0 spiro atoms. The van der Waals surface area contributed by atoms with Crippen molar-refractivity contribution < 1.29 is 9.53 Å². The molecule has 4 heteroatoms. The lowest BCUT2D eigenvalue weighted by atomic mass is 10.1. The van der Waals surface area contributed by atoms with Crippen molar-refractivity contribution in [2.75, 3.05) is 30.9 Å². The fourth-order valence-corrected chi connectivity index (χ4v) is 3.09. The van der Waals surface area contributed by atoms with Crippen LogP contribution in [0.2, 0.25) is 0 Å². The molecule has 0 atom stereocenters. The summed E-state index contributed by atoms with van der Waals surface area (Å²) >= 11 is 1.70. The van der Waals surface area contributed by atoms with Crippen molar-refractivity contribution in [3.8, 4) is 0 Å². The number of ether oxygens (including phenoxy) is 1. The van der Waals surface area contributed by atoms with Crippen LogP contribution >= 0.6 is 11.8 Å². The van der Waals surface area contributed by atoms with E-state index in [0.717, 1.165) is 5.75 Å². The molecule has 1 fully saturated rings. The summed E-state index contributed by atoms with van der Waals surface area (Å²) in [4.78, 5) is 14.7. The Bertz CT molecular complexity index is 399. The third-order valence-corrected chi connectivity index (χ3v) is 4.37. The van der Waals surface area contributed by atoms with Crippen LogP contribution in [0.4, 0.5) is 5.69 Å². The third kappa shape index (κ3) is 4.46. The lowest BCUT2D eigenvalue weighted by molar-refractivity contribution is -0.140. The summed E-state index contributed by atoms with van der Waals surface area (Å²) in [5.41, 5.74) is 1.32. The second kappa shape index (κ2) is 7.43. The largest absolute Gasteiger partial charge is 0.469 e. The number of thioether (sulfide) groups is 1. The van der Waals surface area contributed by atoms with Crippen LogP contribution in [0.3, 0.4) is 0 Å². The van der Waals surface area contributed by atoms with Gasteiger partial charge >= 0.3 is 5.97 Å². The number of esters is 1. The molecule has 0 amide bonds. The van der Waals surface area contributed by atoms with Gasteiger partial charge in [0.2, 0.25) is 0 Å². The molecular weight excluding hydrogens is 258 g/mol. The molecule has 19 heavy (non-hydrogen) atoms. The van der Waals surface area contributed by atoms with Crippen molar-refractivity contribution in [3.05, 3.63) is 24.3 Å². The summed E-state index contributed by atoms with van der Waals surface area (Å²) < 4.78 is 4.63. The first kappa shape index (κ1) is 14.3. The normalized spacial score (nSPS) is 15.3. The van der Waals surface area contributed by atoms with Gasteiger partial charge in [0.15, 0.2) is 0 Å². The molecular formula is C15H21NO2S. The lowest BCUT2D eigenvalue weighted by Gasteiger charge is -2.28. The Kier molecular flexibility index (Phi) is 5.58. The number of rotatable bonds is 5. The molecule has 0 aliphatic carbocycles. The third-order valence-electron chi connectivity index (χ3n) is 3.36. The van der Waals surface area contributed by atoms with E-state index in [1.165, 1.54) is 50.0 Å². The summed E-state index contributed by atoms with van der Waals surface area (Å²) in [6, 6.07) is 8.66. The van der Waals surface area contributed by atoms with Crippen LogP contribution in [0.25, 0.3) is 0 Å². The minimum Gasteiger partial charge on any atom is -0.469 e. The summed E-state index contributed by atoms with van der Waals surface area (Å²) in [5, 5.41) is 0. The number of benzene rings is 1. The van der Waals surface area contributed by atoms with E-state index < -0.39 is 0 Å². The number of carbonyl (C=O) groups is 1. The van der Waals surface area contributed by atoms with Gasteiger partial charge in [-0.15, -0.1) is 11.8 Å². The molecule has 0 unspecified atom stereocenters. The monoisotopic (exact) mass is 279 g/mol. The first-order valence-corrected chi connectivity index (χ1v) is 7.83. The van der Waals surface area contributed by atoms with Gasteiger partial charge in [-0.2, -0.15) is 0 Å². The van der Waals surface area contributed by atoms with Crippen molar-refractivity contribution >= 4 is 23.4 Å². The average Bonchev–Trinajstić information content (AvgIpc) is 2.48. The second-order valence-corrected chi connectivity index (χ2v) is 5.88. The molecule has 1 aliphatic heterocycles. The molecule has 1 saturated heterocycles. The highest BCUT2D eigenvalue weighted by Crippen LogP contribution is 2.24. The summed E-state index contributed by atoms with van der Waals surface area (Å²) in [7, 11) is 1.43. The topological polar surface area (TPSA) is 29.5 Å². The fraction of sp³-hybridized carbons (Fsp3) is 0.533. The predicted octanol–water partition coefficient (Wildman–Crippen LogP) is 3.33. The number of hydrogen-bond acceptors (Lipinski definition) is 4. The van der Waals surface area contributed by atoms with Crippen LogP contribution in [-0.2, 0) is 9.53 Å². The van der Waals surface area contributed by atoms with Crippen LogP contribution in [0.15, 0.2) is 29.2 Å². The number of anilines is 1. The summed E-state index contributed by atoms with van der Waals surface area (Å²) in [6.07, 6.45) is 4.43. The van der Waals surface area contributed by atoms with Gasteiger partial charge < -0.3 is 9.64 Å². The zero-order chi connectivity index (χ0) is 13.5. The zero-order valence-corrected chi connectivity index (χ0v) is 12.2. The van der Waals surface area contributed by atoms with E-state index in [1.807, 2.05) is 0 Å². The number of piperidine rings is 1. The molecule has 1 aliphatic rings. The van der Waals surface area contributed by atoms with Gasteiger partial charge in [-0.3, -0.25) is 4.79 Å². The maximum atomic E-state index is 11.0. The first-order chi connectivity index (χ1) is 9.29. The highest BCUT2D eigenvalue weighted by molar-refractivity contribution is 7.99. The Morgan fingerprint density at radius 3 is 2.53 bits per heavy atom. The maximum absolute atomic E-state index is 11.0. The van der Waals surface area contributed by atoms with E-state index in [-0.39, 0.29) is 5.97 Å². The SMILES string of the molecule is COC(=O)CCSc1ccc(N2CCCCC2)cc1. The van der Waals surface area contributed by atoms with E-state index >= 15 is 0 Å². The van der Waals surface area contributed by atoms with Crippen LogP contribution in [-0.4, -0.2) is 31.9 Å². The van der Waals surface area contributed by atoms with Gasteiger partial charge in [0.1, 0.15) is 0 Å². The highest BCUT2D eigenvalue weighted by atomic mass is 32.2. The molecule has 0 aromatic heterocycles. The maximum Gasteiger partial charge on any atom is 0.306 e. The van der Waals surface area contributed by atoms with E-state index in [2.05, 4.69) is 33.9 Å². The van der Waals surface area contributed by atoms with Crippen molar-refractivity contribution in [1.82, 2.24) is 0 Å². The van der Waals surface area contributed by atoms with Crippen LogP contribution in [0.1, 0.15) is 25.7 Å². The van der Waals surface area contributed by atoms with Crippen molar-refractivity contribution in [2.24, 2.45) is 0 Å². The number of methoxy groups -OCH3 is 1. The number of carbonyl (C=O) groups excluding carboxylic acids is 1. The lowest BCUT2D eigenvalue weighted by Crippen LogP contribution is -2.29. The smallest absolute Gasteiger partial charge is 0.306 e. The average molecular weight is 279 g/mol. The Balaban J connectivity index is 1.82. The van der Waals surface area contributed by atoms with Crippen LogP contribution in [0.5, 0.6) is 0 Å². The van der Waals surface area contributed by atoms with E-state index in [1.54, 1.807) is 11.8 Å². The van der Waals surface area contributed by atoms with E-state index in [9.17, 15) is 4.79 Å². The van der Waals surface area contributed by atoms with E-state index in [4.69, 9.17) is 0 Å². The molecule has 1 aromatic carbocycles.